The lowest BCUT2D eigenvalue weighted by atomic mass is 9.86. The SMILES string of the molecule is CC(Cc1ccc(NC(=O)C2CCC(F)(F)CC2)cc1)C(=O)O. The van der Waals surface area contributed by atoms with Crippen LogP contribution in [-0.2, 0) is 16.0 Å². The molecule has 1 amide bonds. The standard InChI is InChI=1S/C17H21F2NO3/c1-11(16(22)23)10-12-2-4-14(5-3-12)20-15(21)13-6-8-17(18,19)9-7-13/h2-5,11,13H,6-10H2,1H3,(H,20,21)(H,22,23). The van der Waals surface area contributed by atoms with Crippen molar-refractivity contribution in [3.05, 3.63) is 29.8 Å². The number of carbonyl (C=O) groups is 2. The van der Waals surface area contributed by atoms with Gasteiger partial charge in [0.2, 0.25) is 11.8 Å². The summed E-state index contributed by atoms with van der Waals surface area (Å²) in [5.41, 5.74) is 1.47. The third-order valence-electron chi connectivity index (χ3n) is 4.27. The zero-order valence-corrected chi connectivity index (χ0v) is 13.0. The van der Waals surface area contributed by atoms with Crippen molar-refractivity contribution >= 4 is 17.6 Å². The minimum absolute atomic E-state index is 0.201. The van der Waals surface area contributed by atoms with Crippen LogP contribution in [0.4, 0.5) is 14.5 Å². The molecule has 6 heteroatoms. The zero-order chi connectivity index (χ0) is 17.0. The monoisotopic (exact) mass is 325 g/mol. The Kier molecular flexibility index (Phi) is 5.34. The van der Waals surface area contributed by atoms with Crippen LogP contribution in [-0.4, -0.2) is 22.9 Å². The first kappa shape index (κ1) is 17.4. The van der Waals surface area contributed by atoms with Gasteiger partial charge in [-0.2, -0.15) is 0 Å². The van der Waals surface area contributed by atoms with Crippen molar-refractivity contribution in [1.82, 2.24) is 0 Å². The Labute approximate surface area is 133 Å². The first-order chi connectivity index (χ1) is 10.8. The van der Waals surface area contributed by atoms with Gasteiger partial charge >= 0.3 is 5.97 Å². The Bertz CT molecular complexity index is 562. The molecule has 1 aliphatic carbocycles. The molecule has 1 atom stereocenters. The molecule has 0 bridgehead atoms. The predicted molar refractivity (Wildman–Crippen MR) is 82.5 cm³/mol. The fourth-order valence-corrected chi connectivity index (χ4v) is 2.71. The minimum atomic E-state index is -2.64. The summed E-state index contributed by atoms with van der Waals surface area (Å²) in [6.45, 7) is 1.64. The highest BCUT2D eigenvalue weighted by Gasteiger charge is 2.37. The van der Waals surface area contributed by atoms with Gasteiger partial charge in [-0.05, 0) is 37.0 Å². The molecule has 2 rings (SSSR count). The van der Waals surface area contributed by atoms with Crippen LogP contribution in [0.1, 0.15) is 38.2 Å². The van der Waals surface area contributed by atoms with E-state index in [4.69, 9.17) is 5.11 Å². The number of alkyl halides is 2. The highest BCUT2D eigenvalue weighted by atomic mass is 19.3. The number of hydrogen-bond donors (Lipinski definition) is 2. The third kappa shape index (κ3) is 5.01. The lowest BCUT2D eigenvalue weighted by Crippen LogP contribution is -2.31. The van der Waals surface area contributed by atoms with Crippen molar-refractivity contribution in [3.8, 4) is 0 Å². The minimum Gasteiger partial charge on any atom is -0.481 e. The summed E-state index contributed by atoms with van der Waals surface area (Å²) in [7, 11) is 0. The van der Waals surface area contributed by atoms with E-state index in [1.807, 2.05) is 0 Å². The number of hydrogen-bond acceptors (Lipinski definition) is 2. The molecule has 1 aromatic carbocycles. The van der Waals surface area contributed by atoms with Gasteiger partial charge in [0.05, 0.1) is 5.92 Å². The first-order valence-corrected chi connectivity index (χ1v) is 7.77. The van der Waals surface area contributed by atoms with Gasteiger partial charge in [-0.3, -0.25) is 9.59 Å². The number of carboxylic acid groups (broad SMARTS) is 1. The molecule has 126 valence electrons. The van der Waals surface area contributed by atoms with E-state index in [1.54, 1.807) is 31.2 Å². The summed E-state index contributed by atoms with van der Waals surface area (Å²) in [5, 5.41) is 11.6. The number of rotatable bonds is 5. The maximum absolute atomic E-state index is 13.1. The van der Waals surface area contributed by atoms with Crippen molar-refractivity contribution in [3.63, 3.8) is 0 Å². The topological polar surface area (TPSA) is 66.4 Å². The van der Waals surface area contributed by atoms with E-state index < -0.39 is 17.8 Å². The van der Waals surface area contributed by atoms with Crippen LogP contribution in [0.5, 0.6) is 0 Å². The van der Waals surface area contributed by atoms with Gasteiger partial charge in [-0.15, -0.1) is 0 Å². The van der Waals surface area contributed by atoms with Gasteiger partial charge in [-0.1, -0.05) is 19.1 Å². The molecule has 0 radical (unpaired) electrons. The molecule has 1 saturated carbocycles. The van der Waals surface area contributed by atoms with Crippen LogP contribution in [0, 0.1) is 11.8 Å². The molecular weight excluding hydrogens is 304 g/mol. The second kappa shape index (κ2) is 7.06. The van der Waals surface area contributed by atoms with Crippen molar-refractivity contribution in [1.29, 1.82) is 0 Å². The summed E-state index contributed by atoms with van der Waals surface area (Å²) in [6.07, 6.45) is 0.343. The number of anilines is 1. The van der Waals surface area contributed by atoms with Crippen LogP contribution in [0.3, 0.4) is 0 Å². The second-order valence-electron chi connectivity index (χ2n) is 6.26. The lowest BCUT2D eigenvalue weighted by molar-refractivity contribution is -0.141. The molecule has 4 nitrogen and oxygen atoms in total. The number of benzene rings is 1. The predicted octanol–water partition coefficient (Wildman–Crippen LogP) is 3.71. The smallest absolute Gasteiger partial charge is 0.306 e. The molecule has 0 saturated heterocycles. The largest absolute Gasteiger partial charge is 0.481 e. The molecule has 0 spiro atoms. The highest BCUT2D eigenvalue weighted by Crippen LogP contribution is 2.36. The maximum Gasteiger partial charge on any atom is 0.306 e. The molecule has 1 aromatic rings. The summed E-state index contributed by atoms with van der Waals surface area (Å²) in [6, 6.07) is 6.95. The van der Waals surface area contributed by atoms with Crippen molar-refractivity contribution in [2.24, 2.45) is 11.8 Å². The van der Waals surface area contributed by atoms with Crippen LogP contribution in [0.15, 0.2) is 24.3 Å². The van der Waals surface area contributed by atoms with Gasteiger partial charge in [-0.25, -0.2) is 8.78 Å². The molecule has 0 aliphatic heterocycles. The van der Waals surface area contributed by atoms with Crippen molar-refractivity contribution < 1.29 is 23.5 Å². The summed E-state index contributed by atoms with van der Waals surface area (Å²) >= 11 is 0. The number of carboxylic acids is 1. The summed E-state index contributed by atoms with van der Waals surface area (Å²) < 4.78 is 26.2. The van der Waals surface area contributed by atoms with E-state index in [-0.39, 0.29) is 37.5 Å². The van der Waals surface area contributed by atoms with Crippen molar-refractivity contribution in [2.45, 2.75) is 45.0 Å². The Morgan fingerprint density at radius 3 is 2.35 bits per heavy atom. The van der Waals surface area contributed by atoms with Crippen LogP contribution in [0.2, 0.25) is 0 Å². The summed E-state index contributed by atoms with van der Waals surface area (Å²) in [4.78, 5) is 22.9. The Hall–Kier alpha value is -1.98. The first-order valence-electron chi connectivity index (χ1n) is 7.77. The number of amides is 1. The fourth-order valence-electron chi connectivity index (χ4n) is 2.71. The molecule has 0 heterocycles. The van der Waals surface area contributed by atoms with E-state index in [1.165, 1.54) is 0 Å². The second-order valence-corrected chi connectivity index (χ2v) is 6.26. The zero-order valence-electron chi connectivity index (χ0n) is 13.0. The van der Waals surface area contributed by atoms with E-state index in [0.717, 1.165) is 5.56 Å². The number of aliphatic carboxylic acids is 1. The summed E-state index contributed by atoms with van der Waals surface area (Å²) in [5.74, 6) is -4.57. The van der Waals surface area contributed by atoms with E-state index >= 15 is 0 Å². The average molecular weight is 325 g/mol. The van der Waals surface area contributed by atoms with Gasteiger partial charge in [0, 0.05) is 24.4 Å². The van der Waals surface area contributed by atoms with Gasteiger partial charge in [0.15, 0.2) is 0 Å². The Balaban J connectivity index is 1.88. The molecule has 1 fully saturated rings. The van der Waals surface area contributed by atoms with Crippen LogP contribution < -0.4 is 5.32 Å². The number of nitrogens with one attached hydrogen (secondary N) is 1. The number of halogens is 2. The molecule has 0 aromatic heterocycles. The quantitative estimate of drug-likeness (QED) is 0.867. The number of carbonyl (C=O) groups excluding carboxylic acids is 1. The average Bonchev–Trinajstić information content (AvgIpc) is 2.49. The van der Waals surface area contributed by atoms with Crippen LogP contribution in [0.25, 0.3) is 0 Å². The highest BCUT2D eigenvalue weighted by molar-refractivity contribution is 5.92. The van der Waals surface area contributed by atoms with Gasteiger partial charge in [0.1, 0.15) is 0 Å². The maximum atomic E-state index is 13.1. The lowest BCUT2D eigenvalue weighted by Gasteiger charge is -2.27. The van der Waals surface area contributed by atoms with Crippen LogP contribution >= 0.6 is 0 Å². The van der Waals surface area contributed by atoms with E-state index in [2.05, 4.69) is 5.32 Å². The molecule has 1 unspecified atom stereocenters. The molecule has 23 heavy (non-hydrogen) atoms. The molecule has 2 N–H and O–H groups in total. The van der Waals surface area contributed by atoms with Gasteiger partial charge in [0.25, 0.3) is 0 Å². The normalized spacial score (nSPS) is 19.1. The third-order valence-corrected chi connectivity index (χ3v) is 4.27. The van der Waals surface area contributed by atoms with Crippen molar-refractivity contribution in [2.75, 3.05) is 5.32 Å². The van der Waals surface area contributed by atoms with E-state index in [0.29, 0.717) is 12.1 Å². The van der Waals surface area contributed by atoms with Gasteiger partial charge < -0.3 is 10.4 Å². The Morgan fingerprint density at radius 1 is 1.26 bits per heavy atom. The fraction of sp³-hybridized carbons (Fsp3) is 0.529. The Morgan fingerprint density at radius 2 is 1.83 bits per heavy atom. The molecule has 1 aliphatic rings. The van der Waals surface area contributed by atoms with E-state index in [9.17, 15) is 18.4 Å². The molecular formula is C17H21F2NO3.